The molecule has 2 rings (SSSR count). The average Bonchev–Trinajstić information content (AvgIpc) is 2.96. The molecule has 1 atom stereocenters. The van der Waals surface area contributed by atoms with Crippen molar-refractivity contribution in [2.24, 2.45) is 0 Å². The lowest BCUT2D eigenvalue weighted by Gasteiger charge is -2.18. The van der Waals surface area contributed by atoms with Gasteiger partial charge < -0.3 is 19.3 Å². The van der Waals surface area contributed by atoms with Gasteiger partial charge in [0.1, 0.15) is 6.61 Å². The number of ether oxygens (including phenoxy) is 3. The van der Waals surface area contributed by atoms with Crippen LogP contribution >= 0.6 is 0 Å². The zero-order chi connectivity index (χ0) is 19.3. The highest BCUT2D eigenvalue weighted by Gasteiger charge is 2.25. The molecule has 0 bridgehead atoms. The lowest BCUT2D eigenvalue weighted by Crippen LogP contribution is -2.17. The third-order valence-corrected chi connectivity index (χ3v) is 4.02. The highest BCUT2D eigenvalue weighted by molar-refractivity contribution is 5.71. The zero-order valence-corrected chi connectivity index (χ0v) is 15.5. The first kappa shape index (κ1) is 19.4. The fraction of sp³-hybridized carbons (Fsp3) is 0.368. The van der Waals surface area contributed by atoms with Crippen LogP contribution in [0.25, 0.3) is 0 Å². The molecule has 0 saturated carbocycles. The van der Waals surface area contributed by atoms with E-state index in [-0.39, 0.29) is 12.0 Å². The van der Waals surface area contributed by atoms with Crippen LogP contribution < -0.4 is 15.0 Å². The van der Waals surface area contributed by atoms with Crippen molar-refractivity contribution >= 4 is 5.97 Å². The number of rotatable bonds is 8. The van der Waals surface area contributed by atoms with Crippen LogP contribution in [0.5, 0.6) is 11.5 Å². The Morgan fingerprint density at radius 3 is 2.50 bits per heavy atom. The van der Waals surface area contributed by atoms with Crippen LogP contribution in [0.15, 0.2) is 35.1 Å². The van der Waals surface area contributed by atoms with E-state index in [9.17, 15) is 9.59 Å². The van der Waals surface area contributed by atoms with Crippen molar-refractivity contribution in [1.82, 2.24) is 10.2 Å². The minimum atomic E-state index is -0.471. The molecule has 1 aromatic carbocycles. The van der Waals surface area contributed by atoms with Gasteiger partial charge in [0.2, 0.25) is 0 Å². The number of hydrogen-bond acceptors (Lipinski definition) is 5. The molecule has 2 N–H and O–H groups in total. The summed E-state index contributed by atoms with van der Waals surface area (Å²) in [4.78, 5) is 24.1. The maximum atomic E-state index is 12.2. The minimum Gasteiger partial charge on any atom is -0.493 e. The highest BCUT2D eigenvalue weighted by atomic mass is 16.5. The molecule has 0 amide bonds. The summed E-state index contributed by atoms with van der Waals surface area (Å²) in [7, 11) is 2.86. The van der Waals surface area contributed by atoms with Gasteiger partial charge in [-0.1, -0.05) is 12.6 Å². The number of esters is 1. The summed E-state index contributed by atoms with van der Waals surface area (Å²) in [5, 5.41) is 5.35. The van der Waals surface area contributed by atoms with E-state index in [0.29, 0.717) is 29.4 Å². The normalized spacial score (nSPS) is 11.7. The fourth-order valence-corrected chi connectivity index (χ4v) is 2.73. The van der Waals surface area contributed by atoms with E-state index in [2.05, 4.69) is 16.8 Å². The van der Waals surface area contributed by atoms with Gasteiger partial charge in [0.15, 0.2) is 11.5 Å². The van der Waals surface area contributed by atoms with Crippen LogP contribution in [0.3, 0.4) is 0 Å². The topological polar surface area (TPSA) is 93.4 Å². The molecule has 1 unspecified atom stereocenters. The van der Waals surface area contributed by atoms with E-state index in [1.807, 2.05) is 13.0 Å². The SMILES string of the molecule is C=C(C)COc1ccc(C(CC(=O)OC)c2c(C)[nH][nH]c2=O)cc1OC. The van der Waals surface area contributed by atoms with E-state index in [1.165, 1.54) is 14.2 Å². The van der Waals surface area contributed by atoms with E-state index in [0.717, 1.165) is 11.1 Å². The number of carbonyl (C=O) groups excluding carboxylic acids is 1. The number of aryl methyl sites for hydroxylation is 1. The van der Waals surface area contributed by atoms with Gasteiger partial charge in [-0.25, -0.2) is 0 Å². The summed E-state index contributed by atoms with van der Waals surface area (Å²) in [5.41, 5.74) is 2.54. The molecule has 0 fully saturated rings. The third-order valence-electron chi connectivity index (χ3n) is 4.02. The Kier molecular flexibility index (Phi) is 6.27. The Bertz CT molecular complexity index is 850. The van der Waals surface area contributed by atoms with Crippen LogP contribution in [0.1, 0.15) is 36.1 Å². The first-order valence-corrected chi connectivity index (χ1v) is 8.16. The van der Waals surface area contributed by atoms with E-state index in [1.54, 1.807) is 19.1 Å². The van der Waals surface area contributed by atoms with Gasteiger partial charge in [0.05, 0.1) is 20.6 Å². The summed E-state index contributed by atoms with van der Waals surface area (Å²) < 4.78 is 15.9. The van der Waals surface area contributed by atoms with Gasteiger partial charge in [-0.15, -0.1) is 0 Å². The summed E-state index contributed by atoms with van der Waals surface area (Å²) in [6, 6.07) is 5.35. The van der Waals surface area contributed by atoms with Crippen LogP contribution in [-0.2, 0) is 9.53 Å². The van der Waals surface area contributed by atoms with Crippen LogP contribution in [0.2, 0.25) is 0 Å². The summed E-state index contributed by atoms with van der Waals surface area (Å²) >= 11 is 0. The molecule has 0 saturated heterocycles. The largest absolute Gasteiger partial charge is 0.493 e. The third kappa shape index (κ3) is 4.36. The molecule has 0 radical (unpaired) electrons. The molecular formula is C19H24N2O5. The van der Waals surface area contributed by atoms with E-state index >= 15 is 0 Å². The van der Waals surface area contributed by atoms with Crippen LogP contribution in [-0.4, -0.2) is 37.0 Å². The monoisotopic (exact) mass is 360 g/mol. The lowest BCUT2D eigenvalue weighted by atomic mass is 9.88. The smallest absolute Gasteiger partial charge is 0.306 e. The van der Waals surface area contributed by atoms with Crippen LogP contribution in [0.4, 0.5) is 0 Å². The Morgan fingerprint density at radius 2 is 1.96 bits per heavy atom. The second-order valence-electron chi connectivity index (χ2n) is 6.11. The van der Waals surface area contributed by atoms with Gasteiger partial charge >= 0.3 is 5.97 Å². The molecule has 1 heterocycles. The number of H-pyrrole nitrogens is 2. The number of aromatic amines is 2. The first-order chi connectivity index (χ1) is 12.4. The fourth-order valence-electron chi connectivity index (χ4n) is 2.73. The minimum absolute atomic E-state index is 0.0351. The predicted molar refractivity (Wildman–Crippen MR) is 97.9 cm³/mol. The van der Waals surface area contributed by atoms with Crippen molar-refractivity contribution in [3.8, 4) is 11.5 Å². The Morgan fingerprint density at radius 1 is 1.23 bits per heavy atom. The van der Waals surface area contributed by atoms with E-state index in [4.69, 9.17) is 14.2 Å². The number of methoxy groups -OCH3 is 2. The average molecular weight is 360 g/mol. The maximum absolute atomic E-state index is 12.2. The molecular weight excluding hydrogens is 336 g/mol. The second kappa shape index (κ2) is 8.42. The second-order valence-corrected chi connectivity index (χ2v) is 6.11. The van der Waals surface area contributed by atoms with Crippen LogP contribution in [0, 0.1) is 6.92 Å². The van der Waals surface area contributed by atoms with Gasteiger partial charge in [-0.2, -0.15) is 0 Å². The Balaban J connectivity index is 2.46. The summed E-state index contributed by atoms with van der Waals surface area (Å²) in [6.07, 6.45) is 0.0351. The van der Waals surface area contributed by atoms with Crippen molar-refractivity contribution in [3.05, 3.63) is 57.5 Å². The molecule has 0 spiro atoms. The van der Waals surface area contributed by atoms with Crippen molar-refractivity contribution in [1.29, 1.82) is 0 Å². The van der Waals surface area contributed by atoms with Crippen molar-refractivity contribution < 1.29 is 19.0 Å². The molecule has 7 nitrogen and oxygen atoms in total. The van der Waals surface area contributed by atoms with E-state index < -0.39 is 11.9 Å². The Hall–Kier alpha value is -2.96. The number of carbonyl (C=O) groups is 1. The summed E-state index contributed by atoms with van der Waals surface area (Å²) in [6.45, 7) is 7.83. The van der Waals surface area contributed by atoms with Crippen molar-refractivity contribution in [3.63, 3.8) is 0 Å². The van der Waals surface area contributed by atoms with Crippen molar-refractivity contribution in [2.45, 2.75) is 26.2 Å². The molecule has 2 aromatic rings. The number of hydrogen-bond donors (Lipinski definition) is 2. The molecule has 140 valence electrons. The number of aromatic nitrogens is 2. The Labute approximate surface area is 152 Å². The molecule has 26 heavy (non-hydrogen) atoms. The maximum Gasteiger partial charge on any atom is 0.306 e. The predicted octanol–water partition coefficient (Wildman–Crippen LogP) is 2.67. The van der Waals surface area contributed by atoms with Crippen molar-refractivity contribution in [2.75, 3.05) is 20.8 Å². The molecule has 0 aliphatic rings. The zero-order valence-electron chi connectivity index (χ0n) is 15.5. The molecule has 1 aromatic heterocycles. The summed E-state index contributed by atoms with van der Waals surface area (Å²) in [5.74, 6) is 0.206. The lowest BCUT2D eigenvalue weighted by molar-refractivity contribution is -0.140. The van der Waals surface area contributed by atoms with Gasteiger partial charge in [-0.3, -0.25) is 14.7 Å². The molecule has 0 aliphatic carbocycles. The highest BCUT2D eigenvalue weighted by Crippen LogP contribution is 2.35. The molecule has 7 heteroatoms. The molecule has 0 aliphatic heterocycles. The first-order valence-electron chi connectivity index (χ1n) is 8.16. The van der Waals surface area contributed by atoms with Gasteiger partial charge in [-0.05, 0) is 37.1 Å². The number of benzene rings is 1. The standard InChI is InChI=1S/C19H24N2O5/c1-11(2)10-26-15-7-6-13(8-16(15)24-4)14(9-17(22)25-5)18-12(3)20-21-19(18)23/h6-8,14H,1,9-10H2,2-5H3,(H2,20,21,23). The van der Waals surface area contributed by atoms with Gasteiger partial charge in [0.25, 0.3) is 5.56 Å². The van der Waals surface area contributed by atoms with Gasteiger partial charge in [0, 0.05) is 17.2 Å². The quantitative estimate of drug-likeness (QED) is 0.558. The number of nitrogens with one attached hydrogen (secondary N) is 2.